The summed E-state index contributed by atoms with van der Waals surface area (Å²) < 4.78 is 14.1. The fraction of sp³-hybridized carbons (Fsp3) is 0.317. The highest BCUT2D eigenvalue weighted by Gasteiger charge is 2.32. The van der Waals surface area contributed by atoms with E-state index < -0.39 is 6.29 Å². The molecule has 5 N–H and O–H groups in total. The summed E-state index contributed by atoms with van der Waals surface area (Å²) in [6, 6.07) is 31.5. The second-order valence-corrected chi connectivity index (χ2v) is 15.5. The summed E-state index contributed by atoms with van der Waals surface area (Å²) in [5.74, 6) is 0.625. The number of para-hydroxylation sites is 2. The molecule has 4 aromatic carbocycles. The molecular formula is C41H45N5O5S2. The van der Waals surface area contributed by atoms with E-state index in [1.807, 2.05) is 67.6 Å². The van der Waals surface area contributed by atoms with E-state index >= 15 is 0 Å². The van der Waals surface area contributed by atoms with E-state index in [2.05, 4.69) is 45.1 Å². The number of thioether (sulfide) groups is 1. The molecule has 1 fully saturated rings. The summed E-state index contributed by atoms with van der Waals surface area (Å²) in [7, 11) is 0. The van der Waals surface area contributed by atoms with Gasteiger partial charge in [-0.25, -0.2) is 0 Å². The van der Waals surface area contributed by atoms with Gasteiger partial charge >= 0.3 is 0 Å². The fourth-order valence-corrected chi connectivity index (χ4v) is 7.97. The number of hydrogen-bond donors (Lipinski definition) is 4. The largest absolute Gasteiger partial charge is 0.397 e. The monoisotopic (exact) mass is 751 g/mol. The molecule has 1 aromatic heterocycles. The molecule has 1 aliphatic rings. The predicted octanol–water partition coefficient (Wildman–Crippen LogP) is 8.13. The standard InChI is InChI=1S/C41H45N5O5S2/c1-27-45-46-41(53-27)52-26-34-23-37(30-19-17-28(25-47)18-20-30)51-40(50-34)33-12-8-11-32(22-33)31-10-7-9-29(21-31)24-43-38(48)15-3-2-4-16-39(49)44-36-14-6-5-13-35(36)42/h5-14,17-22,34,37,40,47H,2-4,15-16,23-26,42H2,1H3,(H,43,48)(H,44,49)/t34-,37+,40+/m1/s1. The SMILES string of the molecule is Cc1nnc(SC[C@H]2C[C@@H](c3ccc(CO)cc3)O[C@@H](c3cccc(-c4cccc(CNC(=O)CCCCCC(=O)Nc5ccccc5N)c4)c3)O2)s1. The molecule has 10 nitrogen and oxygen atoms in total. The van der Waals surface area contributed by atoms with Gasteiger partial charge in [0.05, 0.1) is 30.2 Å². The Morgan fingerprint density at radius 1 is 0.849 bits per heavy atom. The number of ether oxygens (including phenoxy) is 2. The van der Waals surface area contributed by atoms with Gasteiger partial charge in [-0.05, 0) is 71.8 Å². The van der Waals surface area contributed by atoms with Gasteiger partial charge in [0.25, 0.3) is 0 Å². The molecule has 3 atom stereocenters. The van der Waals surface area contributed by atoms with E-state index in [4.69, 9.17) is 15.2 Å². The molecule has 2 amide bonds. The van der Waals surface area contributed by atoms with Gasteiger partial charge in [-0.1, -0.05) is 102 Å². The highest BCUT2D eigenvalue weighted by molar-refractivity contribution is 8.01. The lowest BCUT2D eigenvalue weighted by Crippen LogP contribution is -2.31. The minimum Gasteiger partial charge on any atom is -0.397 e. The van der Waals surface area contributed by atoms with Crippen LogP contribution in [0, 0.1) is 6.92 Å². The minimum absolute atomic E-state index is 0.00596. The van der Waals surface area contributed by atoms with Crippen molar-refractivity contribution in [2.24, 2.45) is 0 Å². The average Bonchev–Trinajstić information content (AvgIpc) is 3.61. The number of aromatic nitrogens is 2. The first-order chi connectivity index (χ1) is 25.8. The Morgan fingerprint density at radius 3 is 2.36 bits per heavy atom. The first kappa shape index (κ1) is 38.1. The minimum atomic E-state index is -0.576. The number of anilines is 2. The van der Waals surface area contributed by atoms with Crippen molar-refractivity contribution in [1.82, 2.24) is 15.5 Å². The van der Waals surface area contributed by atoms with Crippen molar-refractivity contribution in [3.8, 4) is 11.1 Å². The van der Waals surface area contributed by atoms with Crippen LogP contribution in [0.25, 0.3) is 11.1 Å². The molecule has 6 rings (SSSR count). The normalized spacial score (nSPS) is 17.0. The number of unbranched alkanes of at least 4 members (excludes halogenated alkanes) is 2. The second-order valence-electron chi connectivity index (χ2n) is 13.0. The molecule has 1 saturated heterocycles. The Kier molecular flexibility index (Phi) is 13.6. The van der Waals surface area contributed by atoms with Crippen LogP contribution >= 0.6 is 23.1 Å². The Balaban J connectivity index is 1.02. The van der Waals surface area contributed by atoms with Crippen LogP contribution in [0.1, 0.15) is 78.2 Å². The number of aliphatic hydroxyl groups excluding tert-OH is 1. The number of amides is 2. The molecule has 1 aliphatic heterocycles. The molecule has 5 aromatic rings. The Hall–Kier alpha value is -4.59. The van der Waals surface area contributed by atoms with Crippen LogP contribution in [0.15, 0.2) is 101 Å². The van der Waals surface area contributed by atoms with E-state index in [1.165, 1.54) is 0 Å². The Bertz CT molecular complexity index is 1970. The highest BCUT2D eigenvalue weighted by atomic mass is 32.2. The quantitative estimate of drug-likeness (QED) is 0.0446. The number of nitrogen functional groups attached to an aromatic ring is 1. The molecular weight excluding hydrogens is 707 g/mol. The van der Waals surface area contributed by atoms with E-state index in [0.29, 0.717) is 50.0 Å². The highest BCUT2D eigenvalue weighted by Crippen LogP contribution is 2.40. The molecule has 2 heterocycles. The number of carbonyl (C=O) groups excluding carboxylic acids is 2. The molecule has 0 aliphatic carbocycles. The number of benzene rings is 4. The number of nitrogens with two attached hydrogens (primary N) is 1. The molecule has 276 valence electrons. The van der Waals surface area contributed by atoms with Gasteiger partial charge in [-0.15, -0.1) is 10.2 Å². The van der Waals surface area contributed by atoms with E-state index in [9.17, 15) is 14.7 Å². The van der Waals surface area contributed by atoms with Gasteiger partial charge in [0.2, 0.25) is 11.8 Å². The molecule has 0 spiro atoms. The summed E-state index contributed by atoms with van der Waals surface area (Å²) in [4.78, 5) is 24.9. The van der Waals surface area contributed by atoms with Gasteiger partial charge in [0.15, 0.2) is 10.6 Å². The fourth-order valence-electron chi connectivity index (χ4n) is 6.11. The number of aliphatic hydroxyl groups is 1. The van der Waals surface area contributed by atoms with Crippen LogP contribution in [0.2, 0.25) is 0 Å². The van der Waals surface area contributed by atoms with Crippen LogP contribution in [0.5, 0.6) is 0 Å². The van der Waals surface area contributed by atoms with E-state index in [1.54, 1.807) is 35.2 Å². The molecule has 0 saturated carbocycles. The summed E-state index contributed by atoms with van der Waals surface area (Å²) >= 11 is 3.23. The zero-order valence-electron chi connectivity index (χ0n) is 29.7. The maximum Gasteiger partial charge on any atom is 0.224 e. The van der Waals surface area contributed by atoms with Crippen LogP contribution in [0.3, 0.4) is 0 Å². The maximum absolute atomic E-state index is 12.6. The third kappa shape index (κ3) is 11.2. The second kappa shape index (κ2) is 18.9. The van der Waals surface area contributed by atoms with Crippen molar-refractivity contribution >= 4 is 46.3 Å². The van der Waals surface area contributed by atoms with Crippen LogP contribution < -0.4 is 16.4 Å². The lowest BCUT2D eigenvalue weighted by molar-refractivity contribution is -0.245. The summed E-state index contributed by atoms with van der Waals surface area (Å²) in [6.07, 6.45) is 2.83. The van der Waals surface area contributed by atoms with Crippen molar-refractivity contribution in [3.05, 3.63) is 124 Å². The van der Waals surface area contributed by atoms with Gasteiger partial charge in [0.1, 0.15) is 5.01 Å². The molecule has 0 unspecified atom stereocenters. The van der Waals surface area contributed by atoms with Crippen molar-refractivity contribution in [2.75, 3.05) is 16.8 Å². The number of nitrogens with one attached hydrogen (secondary N) is 2. The molecule has 0 bridgehead atoms. The maximum atomic E-state index is 12.6. The van der Waals surface area contributed by atoms with Gasteiger partial charge in [-0.2, -0.15) is 0 Å². The predicted molar refractivity (Wildman–Crippen MR) is 210 cm³/mol. The Labute approximate surface area is 318 Å². The van der Waals surface area contributed by atoms with Gasteiger partial charge in [0, 0.05) is 37.1 Å². The first-order valence-electron chi connectivity index (χ1n) is 17.9. The van der Waals surface area contributed by atoms with Crippen molar-refractivity contribution in [3.63, 3.8) is 0 Å². The molecule has 12 heteroatoms. The van der Waals surface area contributed by atoms with Gasteiger partial charge in [-0.3, -0.25) is 9.59 Å². The van der Waals surface area contributed by atoms with Crippen molar-refractivity contribution < 1.29 is 24.2 Å². The topological polar surface area (TPSA) is 149 Å². The summed E-state index contributed by atoms with van der Waals surface area (Å²) in [5, 5.41) is 24.8. The smallest absolute Gasteiger partial charge is 0.224 e. The third-order valence-electron chi connectivity index (χ3n) is 8.97. The van der Waals surface area contributed by atoms with Crippen molar-refractivity contribution in [1.29, 1.82) is 0 Å². The number of rotatable bonds is 16. The summed E-state index contributed by atoms with van der Waals surface area (Å²) in [5.41, 5.74) is 12.9. The van der Waals surface area contributed by atoms with E-state index in [0.717, 1.165) is 54.9 Å². The van der Waals surface area contributed by atoms with Crippen molar-refractivity contribution in [2.45, 2.75) is 81.4 Å². The zero-order chi connectivity index (χ0) is 37.0. The summed E-state index contributed by atoms with van der Waals surface area (Å²) in [6.45, 7) is 2.37. The van der Waals surface area contributed by atoms with Crippen LogP contribution in [-0.4, -0.2) is 39.0 Å². The third-order valence-corrected chi connectivity index (χ3v) is 11.1. The molecule has 53 heavy (non-hydrogen) atoms. The number of hydrogen-bond acceptors (Lipinski definition) is 10. The number of carbonyl (C=O) groups is 2. The lowest BCUT2D eigenvalue weighted by atomic mass is 9.99. The number of aryl methyl sites for hydroxylation is 1. The average molecular weight is 752 g/mol. The van der Waals surface area contributed by atoms with E-state index in [-0.39, 0.29) is 30.6 Å². The molecule has 0 radical (unpaired) electrons. The van der Waals surface area contributed by atoms with Crippen LogP contribution in [-0.2, 0) is 32.2 Å². The lowest BCUT2D eigenvalue weighted by Gasteiger charge is -2.36. The first-order valence-corrected chi connectivity index (χ1v) is 19.7. The van der Waals surface area contributed by atoms with Crippen LogP contribution in [0.4, 0.5) is 11.4 Å². The zero-order valence-corrected chi connectivity index (χ0v) is 31.3. The Morgan fingerprint density at radius 2 is 1.60 bits per heavy atom. The van der Waals surface area contributed by atoms with Gasteiger partial charge < -0.3 is 30.9 Å². The number of nitrogens with zero attached hydrogens (tertiary/aromatic N) is 2.